The molecule has 6 nitrogen and oxygen atoms in total. The molecule has 112 valence electrons. The number of pyridine rings is 1. The van der Waals surface area contributed by atoms with Crippen LogP contribution in [0.3, 0.4) is 0 Å². The van der Waals surface area contributed by atoms with E-state index in [0.717, 1.165) is 28.9 Å². The molecule has 2 aromatic heterocycles. The number of nitrogens with two attached hydrogens (primary N) is 1. The molecular weight excluding hydrogens is 280 g/mol. The zero-order chi connectivity index (χ0) is 15.7. The number of hydrogen-bond donors (Lipinski definition) is 1. The van der Waals surface area contributed by atoms with Crippen molar-refractivity contribution in [3.63, 3.8) is 0 Å². The van der Waals surface area contributed by atoms with Crippen molar-refractivity contribution in [2.75, 3.05) is 0 Å². The van der Waals surface area contributed by atoms with Crippen molar-refractivity contribution >= 4 is 11.3 Å². The maximum Gasteiger partial charge on any atom is 0.286 e. The van der Waals surface area contributed by atoms with Gasteiger partial charge in [0, 0.05) is 18.2 Å². The third-order valence-electron chi connectivity index (χ3n) is 3.71. The van der Waals surface area contributed by atoms with Crippen molar-refractivity contribution in [1.29, 1.82) is 0 Å². The summed E-state index contributed by atoms with van der Waals surface area (Å²) in [6, 6.07) is 11.1. The Morgan fingerprint density at radius 2 is 1.95 bits per heavy atom. The topological polar surface area (TPSA) is 86.5 Å². The van der Waals surface area contributed by atoms with Gasteiger partial charge in [-0.3, -0.25) is 14.5 Å². The van der Waals surface area contributed by atoms with E-state index in [0.29, 0.717) is 12.2 Å². The minimum absolute atomic E-state index is 0.0598. The summed E-state index contributed by atoms with van der Waals surface area (Å²) in [5.74, 6) is 0. The van der Waals surface area contributed by atoms with E-state index in [1.165, 1.54) is 12.3 Å². The van der Waals surface area contributed by atoms with Crippen LogP contribution < -0.4 is 5.73 Å². The van der Waals surface area contributed by atoms with Gasteiger partial charge in [0.2, 0.25) is 0 Å². The number of hydrogen-bond acceptors (Lipinski definition) is 4. The van der Waals surface area contributed by atoms with Crippen LogP contribution in [0.5, 0.6) is 0 Å². The molecule has 0 atom stereocenters. The van der Waals surface area contributed by atoms with Gasteiger partial charge in [-0.05, 0) is 18.1 Å². The van der Waals surface area contributed by atoms with Gasteiger partial charge in [0.15, 0.2) is 0 Å². The lowest BCUT2D eigenvalue weighted by molar-refractivity contribution is -0.385. The highest BCUT2D eigenvalue weighted by Gasteiger charge is 2.15. The van der Waals surface area contributed by atoms with Crippen molar-refractivity contribution in [3.05, 3.63) is 64.0 Å². The molecule has 1 aromatic carbocycles. The van der Waals surface area contributed by atoms with E-state index in [-0.39, 0.29) is 5.69 Å². The smallest absolute Gasteiger partial charge is 0.286 e. The fourth-order valence-electron chi connectivity index (χ4n) is 2.56. The maximum atomic E-state index is 11.0. The summed E-state index contributed by atoms with van der Waals surface area (Å²) in [5.41, 5.74) is 10.2. The van der Waals surface area contributed by atoms with Crippen LogP contribution in [0.25, 0.3) is 16.9 Å². The molecule has 0 unspecified atom stereocenters. The molecule has 0 bridgehead atoms. The van der Waals surface area contributed by atoms with Gasteiger partial charge in [-0.25, -0.2) is 4.98 Å². The van der Waals surface area contributed by atoms with Gasteiger partial charge in [-0.2, -0.15) is 0 Å². The molecule has 0 aliphatic heterocycles. The molecule has 0 saturated carbocycles. The molecule has 6 heteroatoms. The predicted octanol–water partition coefficient (Wildman–Crippen LogP) is 2.93. The van der Waals surface area contributed by atoms with E-state index >= 15 is 0 Å². The molecule has 3 aromatic rings. The summed E-state index contributed by atoms with van der Waals surface area (Å²) in [6.45, 7) is 2.51. The van der Waals surface area contributed by atoms with Crippen LogP contribution in [-0.4, -0.2) is 14.3 Å². The Bertz CT molecular complexity index is 837. The van der Waals surface area contributed by atoms with Gasteiger partial charge in [0.1, 0.15) is 5.65 Å². The number of rotatable bonds is 4. The molecule has 3 rings (SSSR count). The standard InChI is InChI=1S/C16H16N4O2/c1-2-14-16(12-5-3-11(9-17)4-6-12)18-15-8-7-13(20(21)22)10-19(14)15/h3-8,10H,2,9,17H2,1H3. The fourth-order valence-corrected chi connectivity index (χ4v) is 2.56. The predicted molar refractivity (Wildman–Crippen MR) is 84.6 cm³/mol. The normalized spacial score (nSPS) is 11.0. The first kappa shape index (κ1) is 14.2. The van der Waals surface area contributed by atoms with Gasteiger partial charge < -0.3 is 5.73 Å². The van der Waals surface area contributed by atoms with Crippen molar-refractivity contribution < 1.29 is 4.92 Å². The van der Waals surface area contributed by atoms with Crippen LogP contribution in [-0.2, 0) is 13.0 Å². The highest BCUT2D eigenvalue weighted by atomic mass is 16.6. The molecule has 0 aliphatic rings. The zero-order valence-corrected chi connectivity index (χ0v) is 12.2. The maximum absolute atomic E-state index is 11.0. The minimum atomic E-state index is -0.394. The summed E-state index contributed by atoms with van der Waals surface area (Å²) in [4.78, 5) is 15.2. The molecule has 0 radical (unpaired) electrons. The van der Waals surface area contributed by atoms with Gasteiger partial charge in [0.25, 0.3) is 5.69 Å². The number of nitrogens with zero attached hydrogens (tertiary/aromatic N) is 3. The first-order valence-corrected chi connectivity index (χ1v) is 7.08. The second kappa shape index (κ2) is 5.57. The summed E-state index contributed by atoms with van der Waals surface area (Å²) in [6.07, 6.45) is 2.26. The Balaban J connectivity index is 2.18. The van der Waals surface area contributed by atoms with Crippen LogP contribution >= 0.6 is 0 Å². The molecule has 2 N–H and O–H groups in total. The number of aromatic nitrogens is 2. The van der Waals surface area contributed by atoms with Crippen LogP contribution in [0.1, 0.15) is 18.2 Å². The Labute approximate surface area is 127 Å². The summed E-state index contributed by atoms with van der Waals surface area (Å²) in [5, 5.41) is 11.0. The summed E-state index contributed by atoms with van der Waals surface area (Å²) < 4.78 is 1.80. The Kier molecular flexibility index (Phi) is 3.60. The number of benzene rings is 1. The van der Waals surface area contributed by atoms with Crippen LogP contribution in [0.4, 0.5) is 5.69 Å². The summed E-state index contributed by atoms with van der Waals surface area (Å²) in [7, 11) is 0. The van der Waals surface area contributed by atoms with Crippen LogP contribution in [0.2, 0.25) is 0 Å². The average Bonchev–Trinajstić information content (AvgIpc) is 2.92. The van der Waals surface area contributed by atoms with E-state index < -0.39 is 4.92 Å². The second-order valence-corrected chi connectivity index (χ2v) is 5.03. The molecule has 0 amide bonds. The Morgan fingerprint density at radius 3 is 2.55 bits per heavy atom. The molecule has 2 heterocycles. The van der Waals surface area contributed by atoms with Gasteiger partial charge in [0.05, 0.1) is 22.5 Å². The number of aryl methyl sites for hydroxylation is 1. The lowest BCUT2D eigenvalue weighted by atomic mass is 10.1. The molecule has 0 spiro atoms. The van der Waals surface area contributed by atoms with E-state index in [1.807, 2.05) is 31.2 Å². The lowest BCUT2D eigenvalue weighted by Gasteiger charge is -2.03. The van der Waals surface area contributed by atoms with E-state index in [1.54, 1.807) is 10.5 Å². The molecule has 0 saturated heterocycles. The van der Waals surface area contributed by atoms with Gasteiger partial charge in [-0.1, -0.05) is 31.2 Å². The zero-order valence-electron chi connectivity index (χ0n) is 12.2. The van der Waals surface area contributed by atoms with E-state index in [2.05, 4.69) is 4.98 Å². The fraction of sp³-hybridized carbons (Fsp3) is 0.188. The van der Waals surface area contributed by atoms with Crippen LogP contribution in [0.15, 0.2) is 42.6 Å². The lowest BCUT2D eigenvalue weighted by Crippen LogP contribution is -1.97. The monoisotopic (exact) mass is 296 g/mol. The third-order valence-corrected chi connectivity index (χ3v) is 3.71. The van der Waals surface area contributed by atoms with Crippen molar-refractivity contribution in [2.45, 2.75) is 19.9 Å². The molecule has 0 aliphatic carbocycles. The van der Waals surface area contributed by atoms with Crippen molar-refractivity contribution in [1.82, 2.24) is 9.38 Å². The highest BCUT2D eigenvalue weighted by Crippen LogP contribution is 2.26. The summed E-state index contributed by atoms with van der Waals surface area (Å²) >= 11 is 0. The van der Waals surface area contributed by atoms with E-state index in [9.17, 15) is 10.1 Å². The Hall–Kier alpha value is -2.73. The highest BCUT2D eigenvalue weighted by molar-refractivity contribution is 5.67. The quantitative estimate of drug-likeness (QED) is 0.592. The molecule has 22 heavy (non-hydrogen) atoms. The SMILES string of the molecule is CCc1c(-c2ccc(CN)cc2)nc2ccc([N+](=O)[O-])cn12. The second-order valence-electron chi connectivity index (χ2n) is 5.03. The third kappa shape index (κ3) is 2.33. The largest absolute Gasteiger partial charge is 0.326 e. The van der Waals surface area contributed by atoms with Gasteiger partial charge in [-0.15, -0.1) is 0 Å². The number of fused-ring (bicyclic) bond motifs is 1. The average molecular weight is 296 g/mol. The minimum Gasteiger partial charge on any atom is -0.326 e. The first-order chi connectivity index (χ1) is 10.6. The van der Waals surface area contributed by atoms with Crippen LogP contribution in [0, 0.1) is 10.1 Å². The molecular formula is C16H16N4O2. The van der Waals surface area contributed by atoms with Gasteiger partial charge >= 0.3 is 0 Å². The number of imidazole rings is 1. The van der Waals surface area contributed by atoms with Crippen molar-refractivity contribution in [3.8, 4) is 11.3 Å². The molecule has 0 fully saturated rings. The first-order valence-electron chi connectivity index (χ1n) is 7.08. The number of nitro groups is 1. The van der Waals surface area contributed by atoms with Crippen molar-refractivity contribution in [2.24, 2.45) is 5.73 Å². The van der Waals surface area contributed by atoms with E-state index in [4.69, 9.17) is 5.73 Å². The Morgan fingerprint density at radius 1 is 1.23 bits per heavy atom.